The second kappa shape index (κ2) is 10.9. The maximum atomic E-state index is 6.46. The first-order valence-corrected chi connectivity index (χ1v) is 16.0. The molecule has 3 heterocycles. The van der Waals surface area contributed by atoms with E-state index < -0.39 is 0 Å². The van der Waals surface area contributed by atoms with Gasteiger partial charge in [-0.3, -0.25) is 0 Å². The highest BCUT2D eigenvalue weighted by molar-refractivity contribution is 7.21. The van der Waals surface area contributed by atoms with E-state index in [0.29, 0.717) is 5.82 Å². The monoisotopic (exact) mass is 607 g/mol. The molecule has 3 aromatic heterocycles. The Kier molecular flexibility index (Phi) is 6.28. The predicted molar refractivity (Wildman–Crippen MR) is 190 cm³/mol. The average Bonchev–Trinajstić information content (AvgIpc) is 3.74. The minimum atomic E-state index is 0.649. The van der Waals surface area contributed by atoms with Gasteiger partial charge in [-0.1, -0.05) is 121 Å². The Morgan fingerprint density at radius 3 is 1.67 bits per heavy atom. The van der Waals surface area contributed by atoms with Crippen LogP contribution < -0.4 is 0 Å². The van der Waals surface area contributed by atoms with E-state index in [9.17, 15) is 0 Å². The molecule has 0 amide bonds. The van der Waals surface area contributed by atoms with Gasteiger partial charge >= 0.3 is 0 Å². The second-order valence-corrected chi connectivity index (χ2v) is 12.2. The quantitative estimate of drug-likeness (QED) is 0.195. The van der Waals surface area contributed by atoms with E-state index in [4.69, 9.17) is 19.4 Å². The number of furan rings is 1. The molecule has 0 aliphatic carbocycles. The van der Waals surface area contributed by atoms with Gasteiger partial charge < -0.3 is 4.42 Å². The fraction of sp³-hybridized carbons (Fsp3) is 0. The van der Waals surface area contributed by atoms with Crippen LogP contribution in [-0.4, -0.2) is 15.0 Å². The molecule has 46 heavy (non-hydrogen) atoms. The van der Waals surface area contributed by atoms with E-state index in [2.05, 4.69) is 97.1 Å². The molecule has 0 spiro atoms. The molecule has 5 heteroatoms. The summed E-state index contributed by atoms with van der Waals surface area (Å²) in [6, 6.07) is 52.0. The number of thiazole rings is 1. The molecular formula is C41H25N3OS. The number of nitrogens with zero attached hydrogens (tertiary/aromatic N) is 3. The minimum Gasteiger partial charge on any atom is -0.456 e. The SMILES string of the molecule is c1ccc(-c2ccc(-c3cc(-c4ccccc4)nc(-c4cccc5oc6cccc(-c7nc8ccccc8s7)c6c45)n3)cc2)cc1. The lowest BCUT2D eigenvalue weighted by Crippen LogP contribution is -1.96. The van der Waals surface area contributed by atoms with E-state index in [1.54, 1.807) is 11.3 Å². The first-order chi connectivity index (χ1) is 22.8. The normalized spacial score (nSPS) is 11.5. The Morgan fingerprint density at radius 2 is 0.978 bits per heavy atom. The number of fused-ring (bicyclic) bond motifs is 4. The first kappa shape index (κ1) is 26.5. The van der Waals surface area contributed by atoms with E-state index in [1.165, 1.54) is 11.1 Å². The molecule has 0 N–H and O–H groups in total. The van der Waals surface area contributed by atoms with Gasteiger partial charge in [0, 0.05) is 33.0 Å². The van der Waals surface area contributed by atoms with Crippen molar-refractivity contribution < 1.29 is 4.42 Å². The third kappa shape index (κ3) is 4.57. The van der Waals surface area contributed by atoms with Crippen LogP contribution in [-0.2, 0) is 0 Å². The molecule has 0 saturated carbocycles. The van der Waals surface area contributed by atoms with Crippen LogP contribution in [0.2, 0.25) is 0 Å². The van der Waals surface area contributed by atoms with Gasteiger partial charge in [-0.25, -0.2) is 15.0 Å². The van der Waals surface area contributed by atoms with Gasteiger partial charge in [0.05, 0.1) is 21.6 Å². The Morgan fingerprint density at radius 1 is 0.435 bits per heavy atom. The van der Waals surface area contributed by atoms with Crippen LogP contribution in [0.25, 0.3) is 87.8 Å². The molecule has 0 fully saturated rings. The number of rotatable bonds is 5. The predicted octanol–water partition coefficient (Wildman–Crippen LogP) is 11.3. The highest BCUT2D eigenvalue weighted by Crippen LogP contribution is 2.43. The number of hydrogen-bond donors (Lipinski definition) is 0. The van der Waals surface area contributed by atoms with Crippen molar-refractivity contribution in [2.24, 2.45) is 0 Å². The summed E-state index contributed by atoms with van der Waals surface area (Å²) >= 11 is 1.69. The largest absolute Gasteiger partial charge is 0.456 e. The maximum absolute atomic E-state index is 6.46. The van der Waals surface area contributed by atoms with Crippen LogP contribution in [0.3, 0.4) is 0 Å². The van der Waals surface area contributed by atoms with Gasteiger partial charge in [0.15, 0.2) is 5.82 Å². The zero-order valence-corrected chi connectivity index (χ0v) is 25.4. The third-order valence-electron chi connectivity index (χ3n) is 8.37. The van der Waals surface area contributed by atoms with Crippen molar-refractivity contribution in [1.82, 2.24) is 15.0 Å². The Bertz CT molecular complexity index is 2480. The van der Waals surface area contributed by atoms with Gasteiger partial charge in [0.1, 0.15) is 16.2 Å². The Balaban J connectivity index is 1.26. The molecule has 0 atom stereocenters. The zero-order chi connectivity index (χ0) is 30.5. The molecule has 9 aromatic rings. The van der Waals surface area contributed by atoms with Crippen molar-refractivity contribution >= 4 is 43.5 Å². The minimum absolute atomic E-state index is 0.649. The van der Waals surface area contributed by atoms with Crippen molar-refractivity contribution in [2.45, 2.75) is 0 Å². The number of aromatic nitrogens is 3. The van der Waals surface area contributed by atoms with E-state index in [-0.39, 0.29) is 0 Å². The van der Waals surface area contributed by atoms with Crippen molar-refractivity contribution in [2.75, 3.05) is 0 Å². The lowest BCUT2D eigenvalue weighted by atomic mass is 10.00. The van der Waals surface area contributed by atoms with Gasteiger partial charge in [-0.15, -0.1) is 11.3 Å². The summed E-state index contributed by atoms with van der Waals surface area (Å²) in [5.41, 5.74) is 10.7. The van der Waals surface area contributed by atoms with Crippen LogP contribution >= 0.6 is 11.3 Å². The molecule has 0 aliphatic heterocycles. The first-order valence-electron chi connectivity index (χ1n) is 15.2. The molecule has 0 saturated heterocycles. The molecule has 0 radical (unpaired) electrons. The molecule has 0 aliphatic rings. The van der Waals surface area contributed by atoms with Crippen molar-refractivity contribution in [3.8, 4) is 55.6 Å². The number of hydrogen-bond acceptors (Lipinski definition) is 5. The lowest BCUT2D eigenvalue weighted by molar-refractivity contribution is 0.669. The number of para-hydroxylation sites is 1. The average molecular weight is 608 g/mol. The zero-order valence-electron chi connectivity index (χ0n) is 24.6. The van der Waals surface area contributed by atoms with Crippen molar-refractivity contribution in [3.05, 3.63) is 152 Å². The van der Waals surface area contributed by atoms with Gasteiger partial charge in [-0.2, -0.15) is 0 Å². The fourth-order valence-electron chi connectivity index (χ4n) is 6.15. The van der Waals surface area contributed by atoms with E-state index >= 15 is 0 Å². The summed E-state index contributed by atoms with van der Waals surface area (Å²) in [7, 11) is 0. The molecular weight excluding hydrogens is 583 g/mol. The van der Waals surface area contributed by atoms with Crippen molar-refractivity contribution in [3.63, 3.8) is 0 Å². The molecule has 0 bridgehead atoms. The summed E-state index contributed by atoms with van der Waals surface area (Å²) in [5, 5.41) is 2.97. The summed E-state index contributed by atoms with van der Waals surface area (Å²) < 4.78 is 7.61. The lowest BCUT2D eigenvalue weighted by Gasteiger charge is -2.11. The highest BCUT2D eigenvalue weighted by atomic mass is 32.1. The molecule has 216 valence electrons. The Hall–Kier alpha value is -5.91. The summed E-state index contributed by atoms with van der Waals surface area (Å²) in [4.78, 5) is 15.4. The summed E-state index contributed by atoms with van der Waals surface area (Å²) in [5.74, 6) is 0.649. The smallest absolute Gasteiger partial charge is 0.161 e. The van der Waals surface area contributed by atoms with Crippen LogP contribution in [0.4, 0.5) is 0 Å². The third-order valence-corrected chi connectivity index (χ3v) is 9.44. The van der Waals surface area contributed by atoms with Crippen LogP contribution in [0.1, 0.15) is 0 Å². The van der Waals surface area contributed by atoms with E-state index in [1.807, 2.05) is 54.6 Å². The van der Waals surface area contributed by atoms with Gasteiger partial charge in [0.25, 0.3) is 0 Å². The molecule has 4 nitrogen and oxygen atoms in total. The van der Waals surface area contributed by atoms with Crippen LogP contribution in [0.15, 0.2) is 156 Å². The topological polar surface area (TPSA) is 51.8 Å². The van der Waals surface area contributed by atoms with Crippen LogP contribution in [0, 0.1) is 0 Å². The van der Waals surface area contributed by atoms with Gasteiger partial charge in [0.2, 0.25) is 0 Å². The van der Waals surface area contributed by atoms with Crippen LogP contribution in [0.5, 0.6) is 0 Å². The molecule has 9 rings (SSSR count). The fourth-order valence-corrected chi connectivity index (χ4v) is 7.15. The van der Waals surface area contributed by atoms with E-state index in [0.717, 1.165) is 70.8 Å². The molecule has 0 unspecified atom stereocenters. The number of benzene rings is 6. The highest BCUT2D eigenvalue weighted by Gasteiger charge is 2.20. The second-order valence-electron chi connectivity index (χ2n) is 11.2. The summed E-state index contributed by atoms with van der Waals surface area (Å²) in [6.07, 6.45) is 0. The van der Waals surface area contributed by atoms with Crippen molar-refractivity contribution in [1.29, 1.82) is 0 Å². The molecule has 6 aromatic carbocycles. The standard InChI is InChI=1S/C41H25N3OS/c1-3-11-26(12-4-1)27-21-23-29(24-22-27)34-25-33(28-13-5-2-6-14-28)42-40(43-34)30-15-9-18-35-38(30)39-31(16-10-19-36(39)45-35)41-44-32-17-7-8-20-37(32)46-41/h1-25H. The summed E-state index contributed by atoms with van der Waals surface area (Å²) in [6.45, 7) is 0. The maximum Gasteiger partial charge on any atom is 0.161 e. The Labute approximate surface area is 269 Å². The van der Waals surface area contributed by atoms with Gasteiger partial charge in [-0.05, 0) is 41.5 Å².